The normalized spacial score (nSPS) is 12.5. The SMILES string of the molecule is CCC(C(=O)Nc1ccc(Br)c(C)c1)N(c1cccc(Cl)c1)S(C)(=O)=O. The van der Waals surface area contributed by atoms with Gasteiger partial charge in [0.15, 0.2) is 0 Å². The summed E-state index contributed by atoms with van der Waals surface area (Å²) in [5.74, 6) is -0.403. The Morgan fingerprint density at radius 1 is 1.27 bits per heavy atom. The second-order valence-electron chi connectivity index (χ2n) is 5.92. The quantitative estimate of drug-likeness (QED) is 0.687. The summed E-state index contributed by atoms with van der Waals surface area (Å²) in [5.41, 5.74) is 1.92. The Balaban J connectivity index is 2.38. The van der Waals surface area contributed by atoms with Crippen LogP contribution in [0.4, 0.5) is 11.4 Å². The van der Waals surface area contributed by atoms with Crippen LogP contribution in [0, 0.1) is 6.92 Å². The number of aryl methyl sites for hydroxylation is 1. The summed E-state index contributed by atoms with van der Waals surface area (Å²) in [4.78, 5) is 12.8. The number of carbonyl (C=O) groups excluding carboxylic acids is 1. The van der Waals surface area contributed by atoms with E-state index in [1.54, 1.807) is 31.2 Å². The molecule has 1 unspecified atom stereocenters. The number of anilines is 2. The van der Waals surface area contributed by atoms with E-state index in [2.05, 4.69) is 21.2 Å². The molecule has 1 N–H and O–H groups in total. The molecule has 8 heteroatoms. The van der Waals surface area contributed by atoms with E-state index >= 15 is 0 Å². The van der Waals surface area contributed by atoms with Crippen molar-refractivity contribution in [2.45, 2.75) is 26.3 Å². The molecule has 0 saturated heterocycles. The van der Waals surface area contributed by atoms with Crippen LogP contribution in [0.15, 0.2) is 46.9 Å². The summed E-state index contributed by atoms with van der Waals surface area (Å²) in [6.07, 6.45) is 1.38. The fraction of sp³-hybridized carbons (Fsp3) is 0.278. The van der Waals surface area contributed by atoms with Crippen molar-refractivity contribution < 1.29 is 13.2 Å². The Hall–Kier alpha value is -1.57. The first-order valence-corrected chi connectivity index (χ1v) is 11.0. The maximum atomic E-state index is 12.8. The van der Waals surface area contributed by atoms with Crippen LogP contribution in [0.25, 0.3) is 0 Å². The van der Waals surface area contributed by atoms with Gasteiger partial charge < -0.3 is 5.32 Å². The molecule has 0 radical (unpaired) electrons. The van der Waals surface area contributed by atoms with Gasteiger partial charge >= 0.3 is 0 Å². The molecular weight excluding hydrogens is 440 g/mol. The highest BCUT2D eigenvalue weighted by Gasteiger charge is 2.31. The second-order valence-corrected chi connectivity index (χ2v) is 9.07. The predicted octanol–water partition coefficient (Wildman–Crippen LogP) is 4.59. The molecule has 0 aliphatic carbocycles. The van der Waals surface area contributed by atoms with Crippen LogP contribution < -0.4 is 9.62 Å². The lowest BCUT2D eigenvalue weighted by atomic mass is 10.1. The Morgan fingerprint density at radius 3 is 2.50 bits per heavy atom. The van der Waals surface area contributed by atoms with Crippen molar-refractivity contribution in [3.05, 3.63) is 57.5 Å². The lowest BCUT2D eigenvalue weighted by Gasteiger charge is -2.30. The third-order valence-electron chi connectivity index (χ3n) is 3.82. The zero-order chi connectivity index (χ0) is 19.5. The molecule has 0 bridgehead atoms. The zero-order valence-corrected chi connectivity index (χ0v) is 17.8. The molecule has 26 heavy (non-hydrogen) atoms. The number of nitrogens with zero attached hydrogens (tertiary/aromatic N) is 1. The van der Waals surface area contributed by atoms with Crippen LogP contribution in [0.1, 0.15) is 18.9 Å². The van der Waals surface area contributed by atoms with Crippen LogP contribution in [0.5, 0.6) is 0 Å². The van der Waals surface area contributed by atoms with Gasteiger partial charge in [0.2, 0.25) is 15.9 Å². The molecule has 0 aliphatic rings. The summed E-state index contributed by atoms with van der Waals surface area (Å²) in [5, 5.41) is 3.20. The molecule has 1 atom stereocenters. The Kier molecular flexibility index (Phi) is 6.71. The standard InChI is InChI=1S/C18H20BrClN2O3S/c1-4-17(18(23)21-14-8-9-16(19)12(2)10-14)22(26(3,24)25)15-7-5-6-13(20)11-15/h5-11,17H,4H2,1-3H3,(H,21,23). The van der Waals surface area contributed by atoms with E-state index in [-0.39, 0.29) is 0 Å². The van der Waals surface area contributed by atoms with Crippen LogP contribution in [0.2, 0.25) is 5.02 Å². The molecule has 0 spiro atoms. The maximum Gasteiger partial charge on any atom is 0.248 e. The zero-order valence-electron chi connectivity index (χ0n) is 14.7. The third kappa shape index (κ3) is 4.99. The van der Waals surface area contributed by atoms with E-state index < -0.39 is 22.0 Å². The van der Waals surface area contributed by atoms with Crippen molar-refractivity contribution in [2.75, 3.05) is 15.9 Å². The van der Waals surface area contributed by atoms with Gasteiger partial charge in [0.25, 0.3) is 0 Å². The molecule has 0 aromatic heterocycles. The number of rotatable bonds is 6. The first kappa shape index (κ1) is 20.7. The highest BCUT2D eigenvalue weighted by atomic mass is 79.9. The van der Waals surface area contributed by atoms with Gasteiger partial charge in [-0.1, -0.05) is 40.5 Å². The van der Waals surface area contributed by atoms with Gasteiger partial charge in [0, 0.05) is 15.2 Å². The second kappa shape index (κ2) is 8.41. The largest absolute Gasteiger partial charge is 0.324 e. The van der Waals surface area contributed by atoms with Crippen LogP contribution in [0.3, 0.4) is 0 Å². The van der Waals surface area contributed by atoms with Crippen molar-refractivity contribution in [3.63, 3.8) is 0 Å². The van der Waals surface area contributed by atoms with E-state index in [0.29, 0.717) is 22.8 Å². The number of amides is 1. The molecule has 140 valence electrons. The molecule has 5 nitrogen and oxygen atoms in total. The third-order valence-corrected chi connectivity index (χ3v) is 6.12. The average molecular weight is 460 g/mol. The predicted molar refractivity (Wildman–Crippen MR) is 110 cm³/mol. The molecule has 0 aliphatic heterocycles. The molecule has 2 rings (SSSR count). The van der Waals surface area contributed by atoms with Gasteiger partial charge in [-0.25, -0.2) is 8.42 Å². The lowest BCUT2D eigenvalue weighted by Crippen LogP contribution is -2.47. The molecule has 2 aromatic carbocycles. The Labute approximate surface area is 167 Å². The van der Waals surface area contributed by atoms with Crippen molar-refractivity contribution in [1.82, 2.24) is 0 Å². The topological polar surface area (TPSA) is 66.5 Å². The highest BCUT2D eigenvalue weighted by molar-refractivity contribution is 9.10. The summed E-state index contributed by atoms with van der Waals surface area (Å²) in [6.45, 7) is 3.67. The maximum absolute atomic E-state index is 12.8. The van der Waals surface area contributed by atoms with Gasteiger partial charge in [-0.2, -0.15) is 0 Å². The Bertz CT molecular complexity index is 918. The minimum absolute atomic E-state index is 0.306. The molecule has 0 saturated carbocycles. The summed E-state index contributed by atoms with van der Waals surface area (Å²) in [7, 11) is -3.69. The molecule has 1 amide bonds. The summed E-state index contributed by atoms with van der Waals surface area (Å²) < 4.78 is 26.8. The number of nitrogens with one attached hydrogen (secondary N) is 1. The van der Waals surface area contributed by atoms with E-state index in [9.17, 15) is 13.2 Å². The first-order chi connectivity index (χ1) is 12.1. The first-order valence-electron chi connectivity index (χ1n) is 7.95. The van der Waals surface area contributed by atoms with Crippen molar-refractivity contribution in [2.24, 2.45) is 0 Å². The number of carbonyl (C=O) groups is 1. The van der Waals surface area contributed by atoms with Crippen molar-refractivity contribution in [1.29, 1.82) is 0 Å². The fourth-order valence-corrected chi connectivity index (χ4v) is 4.26. The molecular formula is C18H20BrClN2O3S. The number of benzene rings is 2. The number of hydrogen-bond donors (Lipinski definition) is 1. The lowest BCUT2D eigenvalue weighted by molar-refractivity contribution is -0.117. The van der Waals surface area contributed by atoms with Gasteiger partial charge in [0.05, 0.1) is 11.9 Å². The van der Waals surface area contributed by atoms with Crippen molar-refractivity contribution in [3.8, 4) is 0 Å². The van der Waals surface area contributed by atoms with E-state index in [1.807, 2.05) is 19.1 Å². The van der Waals surface area contributed by atoms with E-state index in [4.69, 9.17) is 11.6 Å². The average Bonchev–Trinajstić information content (AvgIpc) is 2.54. The van der Waals surface area contributed by atoms with Crippen LogP contribution >= 0.6 is 27.5 Å². The number of sulfonamides is 1. The smallest absolute Gasteiger partial charge is 0.248 e. The molecule has 0 heterocycles. The Morgan fingerprint density at radius 2 is 1.96 bits per heavy atom. The van der Waals surface area contributed by atoms with Gasteiger partial charge in [-0.05, 0) is 55.3 Å². The minimum Gasteiger partial charge on any atom is -0.324 e. The number of hydrogen-bond acceptors (Lipinski definition) is 3. The van der Waals surface area contributed by atoms with Gasteiger partial charge in [-0.3, -0.25) is 9.10 Å². The van der Waals surface area contributed by atoms with Gasteiger partial charge in [0.1, 0.15) is 6.04 Å². The van der Waals surface area contributed by atoms with Crippen LogP contribution in [-0.2, 0) is 14.8 Å². The van der Waals surface area contributed by atoms with E-state index in [1.165, 1.54) is 6.07 Å². The monoisotopic (exact) mass is 458 g/mol. The number of halogens is 2. The molecule has 2 aromatic rings. The van der Waals surface area contributed by atoms with E-state index in [0.717, 1.165) is 20.6 Å². The summed E-state index contributed by atoms with van der Waals surface area (Å²) in [6, 6.07) is 11.0. The fourth-order valence-electron chi connectivity index (χ4n) is 2.62. The molecule has 0 fully saturated rings. The van der Waals surface area contributed by atoms with Crippen molar-refractivity contribution >= 4 is 54.8 Å². The van der Waals surface area contributed by atoms with Gasteiger partial charge in [-0.15, -0.1) is 0 Å². The van der Waals surface area contributed by atoms with Crippen LogP contribution in [-0.4, -0.2) is 26.6 Å². The summed E-state index contributed by atoms with van der Waals surface area (Å²) >= 11 is 9.41. The minimum atomic E-state index is -3.69. The highest BCUT2D eigenvalue weighted by Crippen LogP contribution is 2.26.